The van der Waals surface area contributed by atoms with Crippen LogP contribution in [0.3, 0.4) is 0 Å². The van der Waals surface area contributed by atoms with Crippen LogP contribution in [0.1, 0.15) is 18.4 Å². The third-order valence-corrected chi connectivity index (χ3v) is 7.29. The molecule has 1 saturated heterocycles. The van der Waals surface area contributed by atoms with E-state index in [-0.39, 0.29) is 6.61 Å². The number of hydrogen-bond acceptors (Lipinski definition) is 4. The molecule has 1 heterocycles. The van der Waals surface area contributed by atoms with Gasteiger partial charge in [-0.25, -0.2) is 13.2 Å². The van der Waals surface area contributed by atoms with Crippen LogP contribution >= 0.6 is 15.9 Å². The first kappa shape index (κ1) is 18.9. The van der Waals surface area contributed by atoms with Gasteiger partial charge in [0.05, 0.1) is 10.1 Å². The molecule has 1 amide bonds. The van der Waals surface area contributed by atoms with Crippen molar-refractivity contribution in [2.24, 2.45) is 0 Å². The zero-order valence-corrected chi connectivity index (χ0v) is 16.6. The Hall–Kier alpha value is -1.86. The lowest BCUT2D eigenvalue weighted by atomic mass is 10.1. The summed E-state index contributed by atoms with van der Waals surface area (Å²) in [4.78, 5) is 14.1. The van der Waals surface area contributed by atoms with Gasteiger partial charge in [-0.15, -0.1) is 0 Å². The average molecular weight is 438 g/mol. The number of hydrogen-bond donors (Lipinski definition) is 0. The number of carbonyl (C=O) groups is 1. The fourth-order valence-electron chi connectivity index (χ4n) is 2.98. The molecule has 1 fully saturated rings. The number of rotatable bonds is 4. The number of carbonyl (C=O) groups excluding carboxylic acids is 1. The van der Waals surface area contributed by atoms with E-state index >= 15 is 0 Å². The molecule has 0 radical (unpaired) electrons. The lowest BCUT2D eigenvalue weighted by Gasteiger charge is -2.31. The fraction of sp³-hybridized carbons (Fsp3) is 0.316. The average Bonchev–Trinajstić information content (AvgIpc) is 2.67. The first-order valence-electron chi connectivity index (χ1n) is 8.42. The van der Waals surface area contributed by atoms with Crippen LogP contribution < -0.4 is 0 Å². The van der Waals surface area contributed by atoms with Crippen molar-refractivity contribution in [3.05, 3.63) is 64.6 Å². The summed E-state index contributed by atoms with van der Waals surface area (Å²) in [6.45, 7) is 0.985. The number of benzene rings is 2. The monoisotopic (exact) mass is 437 g/mol. The number of sulfone groups is 1. The summed E-state index contributed by atoms with van der Waals surface area (Å²) in [5.41, 5.74) is 0.925. The number of ether oxygens (including phenoxy) is 1. The molecule has 26 heavy (non-hydrogen) atoms. The molecule has 7 heteroatoms. The molecule has 1 aliphatic heterocycles. The maximum Gasteiger partial charge on any atom is 0.410 e. The molecule has 138 valence electrons. The van der Waals surface area contributed by atoms with Gasteiger partial charge in [0, 0.05) is 17.6 Å². The van der Waals surface area contributed by atoms with Crippen molar-refractivity contribution in [1.29, 1.82) is 0 Å². The van der Waals surface area contributed by atoms with Crippen LogP contribution in [0, 0.1) is 0 Å². The van der Waals surface area contributed by atoms with Crippen LogP contribution in [-0.4, -0.2) is 37.8 Å². The van der Waals surface area contributed by atoms with Crippen LogP contribution in [0.5, 0.6) is 0 Å². The number of nitrogens with zero attached hydrogens (tertiary/aromatic N) is 1. The third-order valence-electron chi connectivity index (χ3n) is 4.49. The van der Waals surface area contributed by atoms with Gasteiger partial charge in [-0.3, -0.25) is 0 Å². The van der Waals surface area contributed by atoms with Crippen LogP contribution in [-0.2, 0) is 21.2 Å². The van der Waals surface area contributed by atoms with Gasteiger partial charge in [-0.1, -0.05) is 46.3 Å². The normalized spacial score (nSPS) is 15.7. The van der Waals surface area contributed by atoms with Gasteiger partial charge in [0.2, 0.25) is 0 Å². The molecule has 0 bridgehead atoms. The fourth-order valence-corrected chi connectivity index (χ4v) is 4.97. The van der Waals surface area contributed by atoms with E-state index in [1.807, 2.05) is 30.3 Å². The van der Waals surface area contributed by atoms with E-state index in [1.54, 1.807) is 29.2 Å². The van der Waals surface area contributed by atoms with E-state index in [0.29, 0.717) is 30.8 Å². The molecule has 5 nitrogen and oxygen atoms in total. The minimum Gasteiger partial charge on any atom is -0.445 e. The zero-order chi connectivity index (χ0) is 18.6. The van der Waals surface area contributed by atoms with Gasteiger partial charge >= 0.3 is 6.09 Å². The van der Waals surface area contributed by atoms with Crippen LogP contribution in [0.2, 0.25) is 0 Å². The second-order valence-electron chi connectivity index (χ2n) is 6.23. The summed E-state index contributed by atoms with van der Waals surface area (Å²) >= 11 is 3.31. The Balaban J connectivity index is 1.55. The Bertz CT molecular complexity index is 845. The van der Waals surface area contributed by atoms with Gasteiger partial charge in [0.25, 0.3) is 0 Å². The first-order chi connectivity index (χ1) is 12.5. The Morgan fingerprint density at radius 2 is 1.65 bits per heavy atom. The highest BCUT2D eigenvalue weighted by molar-refractivity contribution is 9.10. The Kier molecular flexibility index (Phi) is 5.98. The Labute approximate surface area is 162 Å². The molecular weight excluding hydrogens is 418 g/mol. The van der Waals surface area contributed by atoms with Gasteiger partial charge in [-0.05, 0) is 42.7 Å². The summed E-state index contributed by atoms with van der Waals surface area (Å²) in [6, 6.07) is 16.1. The van der Waals surface area contributed by atoms with E-state index in [0.717, 1.165) is 10.0 Å². The third kappa shape index (κ3) is 4.45. The van der Waals surface area contributed by atoms with E-state index in [9.17, 15) is 13.2 Å². The number of piperidine rings is 1. The zero-order valence-electron chi connectivity index (χ0n) is 14.2. The Morgan fingerprint density at radius 3 is 2.27 bits per heavy atom. The number of amides is 1. The standard InChI is InChI=1S/C19H20BrNO4S/c20-16-6-8-17(9-7-16)26(23,24)18-10-12-21(13-11-18)19(22)25-14-15-4-2-1-3-5-15/h1-9,18H,10-14H2. The second kappa shape index (κ2) is 8.22. The van der Waals surface area contributed by atoms with Crippen molar-refractivity contribution in [3.63, 3.8) is 0 Å². The molecule has 3 rings (SSSR count). The van der Waals surface area contributed by atoms with Gasteiger partial charge in [-0.2, -0.15) is 0 Å². The summed E-state index contributed by atoms with van der Waals surface area (Å²) < 4.78 is 31.6. The van der Waals surface area contributed by atoms with Gasteiger partial charge < -0.3 is 9.64 Å². The smallest absolute Gasteiger partial charge is 0.410 e. The first-order valence-corrected chi connectivity index (χ1v) is 10.8. The molecule has 0 spiro atoms. The highest BCUT2D eigenvalue weighted by Crippen LogP contribution is 2.26. The van der Waals surface area contributed by atoms with Crippen molar-refractivity contribution in [1.82, 2.24) is 4.90 Å². The van der Waals surface area contributed by atoms with Gasteiger partial charge in [0.15, 0.2) is 9.84 Å². The molecule has 0 N–H and O–H groups in total. The van der Waals surface area contributed by atoms with Crippen molar-refractivity contribution >= 4 is 31.9 Å². The molecule has 0 atom stereocenters. The van der Waals surface area contributed by atoms with Crippen LogP contribution in [0.25, 0.3) is 0 Å². The molecular formula is C19H20BrNO4S. The highest BCUT2D eigenvalue weighted by Gasteiger charge is 2.33. The Morgan fingerprint density at radius 1 is 1.04 bits per heavy atom. The molecule has 0 aromatic heterocycles. The minimum atomic E-state index is -3.38. The predicted octanol–water partition coefficient (Wildman–Crippen LogP) is 4.02. The molecule has 2 aromatic rings. The molecule has 0 saturated carbocycles. The van der Waals surface area contributed by atoms with Crippen molar-refractivity contribution < 1.29 is 17.9 Å². The SMILES string of the molecule is O=C(OCc1ccccc1)N1CCC(S(=O)(=O)c2ccc(Br)cc2)CC1. The highest BCUT2D eigenvalue weighted by atomic mass is 79.9. The van der Waals surface area contributed by atoms with Crippen molar-refractivity contribution in [2.45, 2.75) is 29.6 Å². The van der Waals surface area contributed by atoms with Gasteiger partial charge in [0.1, 0.15) is 6.61 Å². The largest absolute Gasteiger partial charge is 0.445 e. The number of likely N-dealkylation sites (tertiary alicyclic amines) is 1. The molecule has 0 unspecified atom stereocenters. The molecule has 1 aliphatic rings. The molecule has 0 aliphatic carbocycles. The summed E-state index contributed by atoms with van der Waals surface area (Å²) in [5, 5.41) is -0.471. The second-order valence-corrected chi connectivity index (χ2v) is 9.37. The van der Waals surface area contributed by atoms with E-state index < -0.39 is 21.2 Å². The summed E-state index contributed by atoms with van der Waals surface area (Å²) in [6.07, 6.45) is 0.436. The topological polar surface area (TPSA) is 63.7 Å². The number of halogens is 1. The maximum absolute atomic E-state index is 12.7. The molecule has 2 aromatic carbocycles. The lowest BCUT2D eigenvalue weighted by Crippen LogP contribution is -2.42. The van der Waals surface area contributed by atoms with E-state index in [4.69, 9.17) is 4.74 Å². The lowest BCUT2D eigenvalue weighted by molar-refractivity contribution is 0.0897. The quantitative estimate of drug-likeness (QED) is 0.724. The predicted molar refractivity (Wildman–Crippen MR) is 103 cm³/mol. The van der Waals surface area contributed by atoms with Crippen molar-refractivity contribution in [2.75, 3.05) is 13.1 Å². The van der Waals surface area contributed by atoms with E-state index in [1.165, 1.54) is 0 Å². The van der Waals surface area contributed by atoms with E-state index in [2.05, 4.69) is 15.9 Å². The summed E-state index contributed by atoms with van der Waals surface area (Å²) in [7, 11) is -3.38. The maximum atomic E-state index is 12.7. The van der Waals surface area contributed by atoms with Crippen LogP contribution in [0.4, 0.5) is 4.79 Å². The van der Waals surface area contributed by atoms with Crippen LogP contribution in [0.15, 0.2) is 64.0 Å². The van der Waals surface area contributed by atoms with Crippen molar-refractivity contribution in [3.8, 4) is 0 Å². The summed E-state index contributed by atoms with van der Waals surface area (Å²) in [5.74, 6) is 0. The minimum absolute atomic E-state index is 0.219.